The predicted molar refractivity (Wildman–Crippen MR) is 78.8 cm³/mol. The van der Waals surface area contributed by atoms with Gasteiger partial charge in [-0.1, -0.05) is 6.92 Å². The highest BCUT2D eigenvalue weighted by atomic mass is 32.2. The Hall–Kier alpha value is -0.260. The first-order valence-corrected chi connectivity index (χ1v) is 8.54. The van der Waals surface area contributed by atoms with Crippen molar-refractivity contribution < 1.29 is 4.39 Å². The minimum atomic E-state index is -0.246. The molecule has 0 bridgehead atoms. The number of thioether (sulfide) groups is 2. The lowest BCUT2D eigenvalue weighted by Gasteiger charge is -2.30. The summed E-state index contributed by atoms with van der Waals surface area (Å²) in [7, 11) is 0. The molecule has 1 aliphatic rings. The standard InChI is InChI=1S/C13H19FN2S2/c1-2-3-16-13(12-9-17-4-5-18-12)10-6-11(14)8-15-7-10/h6-8,12-13,16H,2-5,9H2,1H3. The van der Waals surface area contributed by atoms with Crippen LogP contribution in [-0.2, 0) is 0 Å². The quantitative estimate of drug-likeness (QED) is 0.899. The summed E-state index contributed by atoms with van der Waals surface area (Å²) in [6.07, 6.45) is 4.14. The first-order valence-electron chi connectivity index (χ1n) is 6.34. The van der Waals surface area contributed by atoms with Crippen molar-refractivity contribution in [2.75, 3.05) is 23.8 Å². The van der Waals surface area contributed by atoms with Gasteiger partial charge >= 0.3 is 0 Å². The van der Waals surface area contributed by atoms with Crippen LogP contribution in [0.2, 0.25) is 0 Å². The third-order valence-corrected chi connectivity index (χ3v) is 5.78. The Morgan fingerprint density at radius 3 is 3.06 bits per heavy atom. The predicted octanol–water partition coefficient (Wildman–Crippen LogP) is 3.11. The maximum absolute atomic E-state index is 13.3. The van der Waals surface area contributed by atoms with Gasteiger partial charge in [0.2, 0.25) is 0 Å². The van der Waals surface area contributed by atoms with Crippen molar-refractivity contribution in [3.05, 3.63) is 29.8 Å². The molecule has 2 atom stereocenters. The molecular weight excluding hydrogens is 267 g/mol. The molecule has 2 rings (SSSR count). The topological polar surface area (TPSA) is 24.9 Å². The van der Waals surface area contributed by atoms with Crippen LogP contribution in [0, 0.1) is 5.82 Å². The smallest absolute Gasteiger partial charge is 0.141 e. The van der Waals surface area contributed by atoms with Crippen molar-refractivity contribution >= 4 is 23.5 Å². The number of nitrogens with one attached hydrogen (secondary N) is 1. The molecule has 1 fully saturated rings. The van der Waals surface area contributed by atoms with Gasteiger partial charge in [0.25, 0.3) is 0 Å². The highest BCUT2D eigenvalue weighted by Gasteiger charge is 2.25. The molecule has 0 aromatic carbocycles. The molecule has 2 unspecified atom stereocenters. The summed E-state index contributed by atoms with van der Waals surface area (Å²) in [6.45, 7) is 3.11. The molecule has 1 aromatic heterocycles. The van der Waals surface area contributed by atoms with Crippen molar-refractivity contribution in [1.29, 1.82) is 0 Å². The van der Waals surface area contributed by atoms with Crippen molar-refractivity contribution in [2.24, 2.45) is 0 Å². The zero-order valence-corrected chi connectivity index (χ0v) is 12.2. The summed E-state index contributed by atoms with van der Waals surface area (Å²) in [5.41, 5.74) is 0.975. The average molecular weight is 286 g/mol. The summed E-state index contributed by atoms with van der Waals surface area (Å²) in [5, 5.41) is 4.05. The fourth-order valence-electron chi connectivity index (χ4n) is 2.06. The van der Waals surface area contributed by atoms with Crippen molar-refractivity contribution in [3.63, 3.8) is 0 Å². The van der Waals surface area contributed by atoms with Crippen LogP contribution in [0.25, 0.3) is 0 Å². The molecule has 1 aromatic rings. The van der Waals surface area contributed by atoms with Crippen LogP contribution < -0.4 is 5.32 Å². The van der Waals surface area contributed by atoms with E-state index >= 15 is 0 Å². The molecule has 18 heavy (non-hydrogen) atoms. The van der Waals surface area contributed by atoms with Crippen LogP contribution in [0.15, 0.2) is 18.5 Å². The monoisotopic (exact) mass is 286 g/mol. The molecule has 2 heterocycles. The number of rotatable bonds is 5. The van der Waals surface area contributed by atoms with E-state index in [9.17, 15) is 4.39 Å². The summed E-state index contributed by atoms with van der Waals surface area (Å²) >= 11 is 3.98. The van der Waals surface area contributed by atoms with Crippen LogP contribution in [-0.4, -0.2) is 34.0 Å². The van der Waals surface area contributed by atoms with E-state index in [0.29, 0.717) is 5.25 Å². The van der Waals surface area contributed by atoms with Gasteiger partial charge in [-0.3, -0.25) is 4.98 Å². The van der Waals surface area contributed by atoms with E-state index < -0.39 is 0 Å². The lowest BCUT2D eigenvalue weighted by Crippen LogP contribution is -2.34. The summed E-state index contributed by atoms with van der Waals surface area (Å²) in [6, 6.07) is 1.83. The lowest BCUT2D eigenvalue weighted by atomic mass is 10.1. The van der Waals surface area contributed by atoms with E-state index in [1.807, 2.05) is 23.5 Å². The van der Waals surface area contributed by atoms with Crippen LogP contribution in [0.1, 0.15) is 24.9 Å². The number of hydrogen-bond donors (Lipinski definition) is 1. The summed E-state index contributed by atoms with van der Waals surface area (Å²) in [4.78, 5) is 3.98. The number of halogens is 1. The number of nitrogens with zero attached hydrogens (tertiary/aromatic N) is 1. The van der Waals surface area contributed by atoms with Crippen LogP contribution >= 0.6 is 23.5 Å². The minimum absolute atomic E-state index is 0.214. The minimum Gasteiger partial charge on any atom is -0.309 e. The van der Waals surface area contributed by atoms with Crippen molar-refractivity contribution in [2.45, 2.75) is 24.6 Å². The fraction of sp³-hybridized carbons (Fsp3) is 0.615. The van der Waals surface area contributed by atoms with Gasteiger partial charge in [-0.15, -0.1) is 0 Å². The van der Waals surface area contributed by atoms with E-state index in [1.165, 1.54) is 17.7 Å². The SMILES string of the molecule is CCCNC(c1cncc(F)c1)C1CSCCS1. The number of hydrogen-bond acceptors (Lipinski definition) is 4. The first-order chi connectivity index (χ1) is 8.81. The Bertz CT molecular complexity index is 370. The van der Waals surface area contributed by atoms with Gasteiger partial charge < -0.3 is 5.32 Å². The Labute approximate surface area is 117 Å². The molecule has 0 amide bonds. The molecular formula is C13H19FN2S2. The number of aromatic nitrogens is 1. The van der Waals surface area contributed by atoms with Crippen LogP contribution in [0.3, 0.4) is 0 Å². The van der Waals surface area contributed by atoms with Gasteiger partial charge in [0, 0.05) is 34.7 Å². The average Bonchev–Trinajstić information content (AvgIpc) is 2.40. The van der Waals surface area contributed by atoms with Gasteiger partial charge in [0.15, 0.2) is 0 Å². The largest absolute Gasteiger partial charge is 0.309 e. The van der Waals surface area contributed by atoms with E-state index in [4.69, 9.17) is 0 Å². The molecule has 2 nitrogen and oxygen atoms in total. The van der Waals surface area contributed by atoms with Crippen LogP contribution in [0.4, 0.5) is 4.39 Å². The third kappa shape index (κ3) is 3.87. The fourth-order valence-corrected chi connectivity index (χ4v) is 4.93. The second kappa shape index (κ2) is 7.36. The molecule has 100 valence electrons. The van der Waals surface area contributed by atoms with E-state index in [0.717, 1.165) is 24.3 Å². The second-order valence-electron chi connectivity index (χ2n) is 4.35. The highest BCUT2D eigenvalue weighted by Crippen LogP contribution is 2.33. The summed E-state index contributed by atoms with van der Waals surface area (Å²) in [5.74, 6) is 3.29. The Kier molecular flexibility index (Phi) is 5.79. The van der Waals surface area contributed by atoms with Gasteiger partial charge in [-0.25, -0.2) is 4.39 Å². The van der Waals surface area contributed by atoms with Gasteiger partial charge in [0.1, 0.15) is 5.82 Å². The van der Waals surface area contributed by atoms with Gasteiger partial charge in [-0.05, 0) is 24.6 Å². The Morgan fingerprint density at radius 1 is 1.50 bits per heavy atom. The number of pyridine rings is 1. The zero-order valence-electron chi connectivity index (χ0n) is 10.6. The van der Waals surface area contributed by atoms with Crippen molar-refractivity contribution in [3.8, 4) is 0 Å². The molecule has 0 saturated carbocycles. The normalized spacial score (nSPS) is 21.8. The third-order valence-electron chi connectivity index (χ3n) is 2.91. The Morgan fingerprint density at radius 2 is 2.39 bits per heavy atom. The Balaban J connectivity index is 2.12. The highest BCUT2D eigenvalue weighted by molar-refractivity contribution is 8.06. The van der Waals surface area contributed by atoms with E-state index in [2.05, 4.69) is 17.2 Å². The molecule has 1 N–H and O–H groups in total. The van der Waals surface area contributed by atoms with Crippen molar-refractivity contribution in [1.82, 2.24) is 10.3 Å². The molecule has 1 aliphatic heterocycles. The van der Waals surface area contributed by atoms with Gasteiger partial charge in [-0.2, -0.15) is 23.5 Å². The first kappa shape index (κ1) is 14.2. The maximum Gasteiger partial charge on any atom is 0.141 e. The molecule has 0 radical (unpaired) electrons. The molecule has 0 spiro atoms. The second-order valence-corrected chi connectivity index (χ2v) is 6.85. The molecule has 0 aliphatic carbocycles. The van der Waals surface area contributed by atoms with Gasteiger partial charge in [0.05, 0.1) is 6.20 Å². The van der Waals surface area contributed by atoms with E-state index in [1.54, 1.807) is 12.3 Å². The maximum atomic E-state index is 13.3. The summed E-state index contributed by atoms with van der Waals surface area (Å²) < 4.78 is 13.3. The lowest BCUT2D eigenvalue weighted by molar-refractivity contribution is 0.522. The van der Waals surface area contributed by atoms with Crippen LogP contribution in [0.5, 0.6) is 0 Å². The zero-order chi connectivity index (χ0) is 12.8. The molecule has 5 heteroatoms. The van der Waals surface area contributed by atoms with E-state index in [-0.39, 0.29) is 11.9 Å². The molecule has 1 saturated heterocycles.